The van der Waals surface area contributed by atoms with Gasteiger partial charge in [0.15, 0.2) is 0 Å². The van der Waals surface area contributed by atoms with Gasteiger partial charge in [-0.1, -0.05) is 61.4 Å². The summed E-state index contributed by atoms with van der Waals surface area (Å²) in [6.07, 6.45) is 8.86. The van der Waals surface area contributed by atoms with E-state index in [9.17, 15) is 0 Å². The number of nitrogens with zero attached hydrogens (tertiary/aromatic N) is 1. The molecule has 0 bridgehead atoms. The van der Waals surface area contributed by atoms with Crippen LogP contribution in [0.1, 0.15) is 60.4 Å². The second-order valence-electron chi connectivity index (χ2n) is 8.06. The highest BCUT2D eigenvalue weighted by Crippen LogP contribution is 2.39. The summed E-state index contributed by atoms with van der Waals surface area (Å²) in [7, 11) is 0. The third-order valence-electron chi connectivity index (χ3n) is 6.44. The Balaban J connectivity index is 1.56. The van der Waals surface area contributed by atoms with E-state index in [2.05, 4.69) is 53.4 Å². The zero-order valence-corrected chi connectivity index (χ0v) is 15.9. The smallest absolute Gasteiger partial charge is 0.0607 e. The zero-order valence-electron chi connectivity index (χ0n) is 15.9. The number of benzene rings is 2. The fourth-order valence-corrected chi connectivity index (χ4v) is 4.96. The average molecular weight is 349 g/mol. The lowest BCUT2D eigenvalue weighted by Crippen LogP contribution is -2.37. The predicted molar refractivity (Wildman–Crippen MR) is 109 cm³/mol. The lowest BCUT2D eigenvalue weighted by molar-refractivity contribution is 0.145. The molecule has 0 radical (unpaired) electrons. The maximum atomic E-state index is 5.66. The summed E-state index contributed by atoms with van der Waals surface area (Å²) in [6, 6.07) is 18.7. The molecule has 1 fully saturated rings. The predicted octanol–water partition coefficient (Wildman–Crippen LogP) is 4.72. The molecule has 2 aromatic carbocycles. The third-order valence-corrected chi connectivity index (χ3v) is 6.44. The van der Waals surface area contributed by atoms with Crippen molar-refractivity contribution in [3.63, 3.8) is 0 Å². The minimum Gasteiger partial charge on any atom is -0.330 e. The van der Waals surface area contributed by atoms with Crippen molar-refractivity contribution in [2.24, 2.45) is 11.7 Å². The van der Waals surface area contributed by atoms with Crippen LogP contribution in [0, 0.1) is 5.92 Å². The van der Waals surface area contributed by atoms with Crippen LogP contribution in [-0.2, 0) is 12.8 Å². The molecule has 26 heavy (non-hydrogen) atoms. The normalized spacial score (nSPS) is 19.0. The van der Waals surface area contributed by atoms with Crippen LogP contribution in [0.25, 0.3) is 0 Å². The SMILES string of the molecule is NCCCCC1CCN(C2c3ccccc3CCc3ccccc32)CC1. The molecule has 0 unspecified atom stereocenters. The minimum absolute atomic E-state index is 0.440. The fraction of sp³-hybridized carbons (Fsp3) is 0.500. The number of aryl methyl sites for hydroxylation is 2. The molecule has 1 aliphatic heterocycles. The summed E-state index contributed by atoms with van der Waals surface area (Å²) in [5, 5.41) is 0. The molecule has 0 amide bonds. The van der Waals surface area contributed by atoms with Gasteiger partial charge in [0.05, 0.1) is 6.04 Å². The second kappa shape index (κ2) is 8.37. The molecule has 0 saturated carbocycles. The van der Waals surface area contributed by atoms with Gasteiger partial charge in [-0.2, -0.15) is 0 Å². The van der Waals surface area contributed by atoms with Crippen LogP contribution >= 0.6 is 0 Å². The first kappa shape index (κ1) is 17.8. The average Bonchev–Trinajstić information content (AvgIpc) is 2.86. The van der Waals surface area contributed by atoms with E-state index < -0.39 is 0 Å². The van der Waals surface area contributed by atoms with Crippen molar-refractivity contribution in [2.75, 3.05) is 19.6 Å². The van der Waals surface area contributed by atoms with Crippen molar-refractivity contribution in [3.05, 3.63) is 70.8 Å². The van der Waals surface area contributed by atoms with E-state index in [1.165, 1.54) is 58.0 Å². The van der Waals surface area contributed by atoms with Gasteiger partial charge in [-0.25, -0.2) is 0 Å². The topological polar surface area (TPSA) is 29.3 Å². The van der Waals surface area contributed by atoms with Gasteiger partial charge in [0.1, 0.15) is 0 Å². The molecule has 1 saturated heterocycles. The lowest BCUT2D eigenvalue weighted by atomic mass is 9.87. The van der Waals surface area contributed by atoms with Crippen molar-refractivity contribution >= 4 is 0 Å². The summed E-state index contributed by atoms with van der Waals surface area (Å²) in [5.74, 6) is 0.897. The first-order valence-corrected chi connectivity index (χ1v) is 10.5. The van der Waals surface area contributed by atoms with Gasteiger partial charge >= 0.3 is 0 Å². The van der Waals surface area contributed by atoms with Gasteiger partial charge in [0.2, 0.25) is 0 Å². The van der Waals surface area contributed by atoms with Crippen LogP contribution in [0.2, 0.25) is 0 Å². The Morgan fingerprint density at radius 3 is 1.96 bits per heavy atom. The minimum atomic E-state index is 0.440. The quantitative estimate of drug-likeness (QED) is 0.793. The Labute approximate surface area is 158 Å². The van der Waals surface area contributed by atoms with E-state index in [0.29, 0.717) is 6.04 Å². The summed E-state index contributed by atoms with van der Waals surface area (Å²) >= 11 is 0. The van der Waals surface area contributed by atoms with Crippen LogP contribution in [0.5, 0.6) is 0 Å². The van der Waals surface area contributed by atoms with Crippen LogP contribution < -0.4 is 5.73 Å². The Bertz CT molecular complexity index is 668. The lowest BCUT2D eigenvalue weighted by Gasteiger charge is -2.39. The van der Waals surface area contributed by atoms with Crippen molar-refractivity contribution < 1.29 is 0 Å². The molecule has 0 spiro atoms. The first-order chi connectivity index (χ1) is 12.9. The van der Waals surface area contributed by atoms with Crippen LogP contribution in [0.15, 0.2) is 48.5 Å². The third kappa shape index (κ3) is 3.72. The highest BCUT2D eigenvalue weighted by atomic mass is 15.2. The van der Waals surface area contributed by atoms with Gasteiger partial charge in [0, 0.05) is 0 Å². The van der Waals surface area contributed by atoms with Crippen molar-refractivity contribution in [1.82, 2.24) is 4.90 Å². The first-order valence-electron chi connectivity index (χ1n) is 10.5. The number of hydrogen-bond donors (Lipinski definition) is 1. The highest BCUT2D eigenvalue weighted by molar-refractivity contribution is 5.44. The number of nitrogens with two attached hydrogens (primary N) is 1. The van der Waals surface area contributed by atoms with Gasteiger partial charge in [-0.3, -0.25) is 4.90 Å². The zero-order chi connectivity index (χ0) is 17.8. The van der Waals surface area contributed by atoms with E-state index >= 15 is 0 Å². The van der Waals surface area contributed by atoms with E-state index in [-0.39, 0.29) is 0 Å². The van der Waals surface area contributed by atoms with E-state index in [1.54, 1.807) is 22.3 Å². The van der Waals surface area contributed by atoms with Crippen LogP contribution in [0.3, 0.4) is 0 Å². The standard InChI is InChI=1S/C24H32N2/c25-16-6-5-7-19-14-17-26(18-15-19)24-22-10-3-1-8-20(22)12-13-21-9-2-4-11-23(21)24/h1-4,8-11,19,24H,5-7,12-18,25H2. The number of hydrogen-bond acceptors (Lipinski definition) is 2. The van der Waals surface area contributed by atoms with Gasteiger partial charge in [0.25, 0.3) is 0 Å². The molecule has 2 heteroatoms. The molecular weight excluding hydrogens is 316 g/mol. The van der Waals surface area contributed by atoms with E-state index in [4.69, 9.17) is 5.73 Å². The van der Waals surface area contributed by atoms with Crippen LogP contribution in [-0.4, -0.2) is 24.5 Å². The van der Waals surface area contributed by atoms with Crippen LogP contribution in [0.4, 0.5) is 0 Å². The second-order valence-corrected chi connectivity index (χ2v) is 8.06. The Kier molecular flexibility index (Phi) is 5.72. The monoisotopic (exact) mass is 348 g/mol. The molecule has 0 aromatic heterocycles. The molecule has 2 N–H and O–H groups in total. The molecular formula is C24H32N2. The summed E-state index contributed by atoms with van der Waals surface area (Å²) in [6.45, 7) is 3.29. The van der Waals surface area contributed by atoms with E-state index in [1.807, 2.05) is 0 Å². The van der Waals surface area contributed by atoms with Gasteiger partial charge in [-0.05, 0) is 79.9 Å². The van der Waals surface area contributed by atoms with Crippen molar-refractivity contribution in [1.29, 1.82) is 0 Å². The number of piperidine rings is 1. The number of unbranched alkanes of at least 4 members (excludes halogenated alkanes) is 1. The largest absolute Gasteiger partial charge is 0.330 e. The molecule has 0 atom stereocenters. The van der Waals surface area contributed by atoms with Crippen molar-refractivity contribution in [3.8, 4) is 0 Å². The van der Waals surface area contributed by atoms with E-state index in [0.717, 1.165) is 12.5 Å². The van der Waals surface area contributed by atoms with Gasteiger partial charge in [-0.15, -0.1) is 0 Å². The number of fused-ring (bicyclic) bond motifs is 2. The van der Waals surface area contributed by atoms with Crippen molar-refractivity contribution in [2.45, 2.75) is 51.0 Å². The molecule has 2 aromatic rings. The Morgan fingerprint density at radius 1 is 0.808 bits per heavy atom. The molecule has 138 valence electrons. The fourth-order valence-electron chi connectivity index (χ4n) is 4.96. The summed E-state index contributed by atoms with van der Waals surface area (Å²) < 4.78 is 0. The number of rotatable bonds is 5. The molecule has 2 aliphatic rings. The molecule has 4 rings (SSSR count). The highest BCUT2D eigenvalue weighted by Gasteiger charge is 2.31. The summed E-state index contributed by atoms with van der Waals surface area (Å²) in [4.78, 5) is 2.75. The van der Waals surface area contributed by atoms with Gasteiger partial charge < -0.3 is 5.73 Å². The molecule has 1 heterocycles. The molecule has 1 aliphatic carbocycles. The summed E-state index contributed by atoms with van der Waals surface area (Å²) in [5.41, 5.74) is 11.8. The Morgan fingerprint density at radius 2 is 1.38 bits per heavy atom. The molecule has 2 nitrogen and oxygen atoms in total. The maximum Gasteiger partial charge on any atom is 0.0607 e. The number of likely N-dealkylation sites (tertiary alicyclic amines) is 1. The Hall–Kier alpha value is -1.64. The maximum absolute atomic E-state index is 5.66.